The highest BCUT2D eigenvalue weighted by atomic mass is 19.1. The molecule has 6 nitrogen and oxygen atoms in total. The van der Waals surface area contributed by atoms with Gasteiger partial charge in [-0.15, -0.1) is 6.58 Å². The Kier molecular flexibility index (Phi) is 5.23. The number of nitriles is 1. The van der Waals surface area contributed by atoms with E-state index in [-0.39, 0.29) is 17.7 Å². The molecule has 3 N–H and O–H groups in total. The molecule has 0 spiro atoms. The third-order valence-electron chi connectivity index (χ3n) is 2.35. The molecule has 0 aliphatic rings. The Morgan fingerprint density at radius 2 is 2.25 bits per heavy atom. The summed E-state index contributed by atoms with van der Waals surface area (Å²) in [5, 5.41) is 21.8. The van der Waals surface area contributed by atoms with E-state index in [1.165, 1.54) is 18.2 Å². The number of halogens is 1. The summed E-state index contributed by atoms with van der Waals surface area (Å²) in [4.78, 5) is 22.4. The molecule has 0 bridgehead atoms. The lowest BCUT2D eigenvalue weighted by molar-refractivity contribution is -0.139. The van der Waals surface area contributed by atoms with E-state index >= 15 is 0 Å². The van der Waals surface area contributed by atoms with Crippen LogP contribution in [-0.2, 0) is 4.79 Å². The van der Waals surface area contributed by atoms with Crippen LogP contribution in [0.4, 0.5) is 14.9 Å². The zero-order chi connectivity index (χ0) is 15.1. The number of hydrogen-bond acceptors (Lipinski definition) is 3. The molecule has 20 heavy (non-hydrogen) atoms. The maximum atomic E-state index is 13.5. The van der Waals surface area contributed by atoms with Crippen LogP contribution in [0.25, 0.3) is 0 Å². The topological polar surface area (TPSA) is 102 Å². The summed E-state index contributed by atoms with van der Waals surface area (Å²) < 4.78 is 13.5. The van der Waals surface area contributed by atoms with Crippen molar-refractivity contribution in [2.75, 3.05) is 5.32 Å². The van der Waals surface area contributed by atoms with Crippen LogP contribution in [-0.4, -0.2) is 23.1 Å². The maximum Gasteiger partial charge on any atom is 0.326 e. The molecule has 1 rings (SSSR count). The van der Waals surface area contributed by atoms with E-state index < -0.39 is 23.9 Å². The summed E-state index contributed by atoms with van der Waals surface area (Å²) in [7, 11) is 0. The molecular formula is C13H12FN3O3. The lowest BCUT2D eigenvalue weighted by atomic mass is 10.2. The molecule has 1 aromatic rings. The molecule has 2 amide bonds. The number of amides is 2. The third-order valence-corrected chi connectivity index (χ3v) is 2.35. The van der Waals surface area contributed by atoms with E-state index in [9.17, 15) is 14.0 Å². The predicted molar refractivity (Wildman–Crippen MR) is 69.5 cm³/mol. The summed E-state index contributed by atoms with van der Waals surface area (Å²) >= 11 is 0. The molecule has 104 valence electrons. The van der Waals surface area contributed by atoms with Gasteiger partial charge in [0, 0.05) is 0 Å². The Balaban J connectivity index is 2.73. The number of carboxylic acids is 1. The van der Waals surface area contributed by atoms with Crippen molar-refractivity contribution in [1.82, 2.24) is 5.32 Å². The van der Waals surface area contributed by atoms with E-state index in [0.29, 0.717) is 0 Å². The minimum atomic E-state index is -1.22. The number of benzene rings is 1. The number of nitrogens with zero attached hydrogens (tertiary/aromatic N) is 1. The SMILES string of the molecule is C=CCC(NC(=O)Nc1ccc(C#N)cc1F)C(=O)O. The summed E-state index contributed by atoms with van der Waals surface area (Å²) in [6.07, 6.45) is 1.39. The third kappa shape index (κ3) is 4.10. The number of urea groups is 1. The number of carbonyl (C=O) groups is 2. The van der Waals surface area contributed by atoms with Crippen LogP contribution in [0.15, 0.2) is 30.9 Å². The monoisotopic (exact) mass is 277 g/mol. The van der Waals surface area contributed by atoms with Gasteiger partial charge in [-0.05, 0) is 24.6 Å². The Morgan fingerprint density at radius 1 is 1.55 bits per heavy atom. The van der Waals surface area contributed by atoms with Crippen molar-refractivity contribution < 1.29 is 19.1 Å². The van der Waals surface area contributed by atoms with Gasteiger partial charge in [0.1, 0.15) is 11.9 Å². The Morgan fingerprint density at radius 3 is 2.75 bits per heavy atom. The molecule has 0 aliphatic heterocycles. The highest BCUT2D eigenvalue weighted by Gasteiger charge is 2.18. The van der Waals surface area contributed by atoms with Crippen LogP contribution in [0.5, 0.6) is 0 Å². The first-order valence-electron chi connectivity index (χ1n) is 5.58. The Hall–Kier alpha value is -2.88. The molecule has 0 fully saturated rings. The fourth-order valence-electron chi connectivity index (χ4n) is 1.39. The quantitative estimate of drug-likeness (QED) is 0.714. The van der Waals surface area contributed by atoms with Crippen molar-refractivity contribution in [3.63, 3.8) is 0 Å². The second-order valence-corrected chi connectivity index (χ2v) is 3.82. The highest BCUT2D eigenvalue weighted by molar-refractivity contribution is 5.92. The van der Waals surface area contributed by atoms with E-state index in [1.54, 1.807) is 6.07 Å². The molecule has 0 aliphatic carbocycles. The van der Waals surface area contributed by atoms with Crippen LogP contribution in [0.2, 0.25) is 0 Å². The molecule has 0 saturated heterocycles. The van der Waals surface area contributed by atoms with Gasteiger partial charge < -0.3 is 15.7 Å². The zero-order valence-corrected chi connectivity index (χ0v) is 10.4. The second-order valence-electron chi connectivity index (χ2n) is 3.82. The molecule has 0 heterocycles. The smallest absolute Gasteiger partial charge is 0.326 e. The standard InChI is InChI=1S/C13H12FN3O3/c1-2-3-11(12(18)19)17-13(20)16-10-5-4-8(7-15)6-9(10)14/h2,4-6,11H,1,3H2,(H,18,19)(H2,16,17,20). The van der Waals surface area contributed by atoms with Gasteiger partial charge in [0.15, 0.2) is 0 Å². The Labute approximate surface area is 114 Å². The van der Waals surface area contributed by atoms with E-state index in [1.807, 2.05) is 0 Å². The average molecular weight is 277 g/mol. The van der Waals surface area contributed by atoms with Gasteiger partial charge >= 0.3 is 12.0 Å². The fourth-order valence-corrected chi connectivity index (χ4v) is 1.39. The van der Waals surface area contributed by atoms with Crippen molar-refractivity contribution >= 4 is 17.7 Å². The first-order chi connectivity index (χ1) is 9.47. The molecular weight excluding hydrogens is 265 g/mol. The number of hydrogen-bond donors (Lipinski definition) is 3. The van der Waals surface area contributed by atoms with Crippen LogP contribution in [0.3, 0.4) is 0 Å². The normalized spacial score (nSPS) is 11.0. The first kappa shape index (κ1) is 15.2. The number of aliphatic carboxylic acids is 1. The van der Waals surface area contributed by atoms with Gasteiger partial charge in [0.05, 0.1) is 17.3 Å². The van der Waals surface area contributed by atoms with Gasteiger partial charge in [0.2, 0.25) is 0 Å². The van der Waals surface area contributed by atoms with Crippen molar-refractivity contribution in [1.29, 1.82) is 5.26 Å². The number of carboxylic acid groups (broad SMARTS) is 1. The van der Waals surface area contributed by atoms with Crippen LogP contribution in [0, 0.1) is 17.1 Å². The van der Waals surface area contributed by atoms with Crippen LogP contribution >= 0.6 is 0 Å². The molecule has 0 saturated carbocycles. The average Bonchev–Trinajstić information content (AvgIpc) is 2.40. The summed E-state index contributed by atoms with van der Waals surface area (Å²) in [5.74, 6) is -2.00. The summed E-state index contributed by atoms with van der Waals surface area (Å²) in [5.41, 5.74) is -0.0345. The van der Waals surface area contributed by atoms with Crippen LogP contribution < -0.4 is 10.6 Å². The summed E-state index contributed by atoms with van der Waals surface area (Å²) in [6.45, 7) is 3.38. The van der Waals surface area contributed by atoms with Crippen molar-refractivity contribution in [3.8, 4) is 6.07 Å². The number of nitrogens with one attached hydrogen (secondary N) is 2. The first-order valence-corrected chi connectivity index (χ1v) is 5.58. The van der Waals surface area contributed by atoms with Gasteiger partial charge in [-0.25, -0.2) is 14.0 Å². The van der Waals surface area contributed by atoms with Gasteiger partial charge in [-0.2, -0.15) is 5.26 Å². The molecule has 1 unspecified atom stereocenters. The minimum absolute atomic E-state index is 0.0403. The van der Waals surface area contributed by atoms with E-state index in [0.717, 1.165) is 6.07 Å². The fraction of sp³-hybridized carbons (Fsp3) is 0.154. The van der Waals surface area contributed by atoms with E-state index in [4.69, 9.17) is 10.4 Å². The Bertz CT molecular complexity index is 581. The highest BCUT2D eigenvalue weighted by Crippen LogP contribution is 2.15. The van der Waals surface area contributed by atoms with E-state index in [2.05, 4.69) is 17.2 Å². The lowest BCUT2D eigenvalue weighted by Crippen LogP contribution is -2.42. The summed E-state index contributed by atoms with van der Waals surface area (Å²) in [6, 6.07) is 3.27. The number of anilines is 1. The maximum absolute atomic E-state index is 13.5. The number of carbonyl (C=O) groups excluding carboxylic acids is 1. The zero-order valence-electron chi connectivity index (χ0n) is 10.4. The van der Waals surface area contributed by atoms with Crippen molar-refractivity contribution in [3.05, 3.63) is 42.2 Å². The molecule has 1 aromatic carbocycles. The second kappa shape index (κ2) is 6.89. The van der Waals surface area contributed by atoms with Crippen molar-refractivity contribution in [2.45, 2.75) is 12.5 Å². The number of rotatable bonds is 5. The predicted octanol–water partition coefficient (Wildman–Crippen LogP) is 1.85. The van der Waals surface area contributed by atoms with Crippen LogP contribution in [0.1, 0.15) is 12.0 Å². The lowest BCUT2D eigenvalue weighted by Gasteiger charge is -2.13. The molecule has 1 atom stereocenters. The van der Waals surface area contributed by atoms with Crippen molar-refractivity contribution in [2.24, 2.45) is 0 Å². The van der Waals surface area contributed by atoms with Gasteiger partial charge in [-0.3, -0.25) is 0 Å². The minimum Gasteiger partial charge on any atom is -0.480 e. The van der Waals surface area contributed by atoms with Gasteiger partial charge in [0.25, 0.3) is 0 Å². The molecule has 7 heteroatoms. The molecule has 0 radical (unpaired) electrons. The molecule has 0 aromatic heterocycles. The largest absolute Gasteiger partial charge is 0.480 e. The van der Waals surface area contributed by atoms with Gasteiger partial charge in [-0.1, -0.05) is 6.08 Å².